The number of aliphatic imine (C=N–C) groups is 1. The lowest BCUT2D eigenvalue weighted by molar-refractivity contribution is -0.131. The number of guanidine groups is 1. The van der Waals surface area contributed by atoms with Gasteiger partial charge in [-0.1, -0.05) is 38.1 Å². The van der Waals surface area contributed by atoms with Crippen LogP contribution in [0.4, 0.5) is 0 Å². The van der Waals surface area contributed by atoms with Gasteiger partial charge in [-0.05, 0) is 51.8 Å². The minimum absolute atomic E-state index is 0.0211. The summed E-state index contributed by atoms with van der Waals surface area (Å²) in [5.74, 6) is 1.03. The van der Waals surface area contributed by atoms with Crippen molar-refractivity contribution in [2.45, 2.75) is 71.6 Å². The summed E-state index contributed by atoms with van der Waals surface area (Å²) in [6, 6.07) is 13.5. The van der Waals surface area contributed by atoms with Crippen molar-refractivity contribution in [2.75, 3.05) is 6.54 Å². The highest BCUT2D eigenvalue weighted by molar-refractivity contribution is 5.99. The van der Waals surface area contributed by atoms with Crippen molar-refractivity contribution in [3.05, 3.63) is 60.4 Å². The molecule has 8 nitrogen and oxygen atoms in total. The number of ether oxygens (including phenoxy) is 1. The number of terminal acetylenes is 1. The quantitative estimate of drug-likeness (QED) is 0.571. The average molecular weight is 532 g/mol. The van der Waals surface area contributed by atoms with Crippen molar-refractivity contribution in [1.82, 2.24) is 15.2 Å². The van der Waals surface area contributed by atoms with Crippen LogP contribution in [0.1, 0.15) is 66.0 Å². The van der Waals surface area contributed by atoms with Crippen LogP contribution in [-0.4, -0.2) is 45.3 Å². The Hall–Kier alpha value is -3.86. The Bertz CT molecular complexity index is 1200. The summed E-state index contributed by atoms with van der Waals surface area (Å²) in [4.78, 5) is 35.8. The van der Waals surface area contributed by atoms with Crippen molar-refractivity contribution in [1.29, 1.82) is 0 Å². The molecule has 4 atom stereocenters. The van der Waals surface area contributed by atoms with Crippen LogP contribution >= 0.6 is 0 Å². The second-order valence-electron chi connectivity index (χ2n) is 11.9. The molecule has 3 aliphatic rings. The van der Waals surface area contributed by atoms with E-state index in [0.717, 1.165) is 11.3 Å². The molecule has 39 heavy (non-hydrogen) atoms. The Morgan fingerprint density at radius 2 is 1.74 bits per heavy atom. The fourth-order valence-electron chi connectivity index (χ4n) is 5.58. The Balaban J connectivity index is 0.000000457. The van der Waals surface area contributed by atoms with E-state index in [1.807, 2.05) is 70.2 Å². The predicted molar refractivity (Wildman–Crippen MR) is 154 cm³/mol. The molecule has 208 valence electrons. The summed E-state index contributed by atoms with van der Waals surface area (Å²) < 4.78 is 6.09. The third kappa shape index (κ3) is 6.78. The Kier molecular flexibility index (Phi) is 8.74. The number of para-hydroxylation sites is 1. The molecule has 3 N–H and O–H groups in total. The first-order valence-electron chi connectivity index (χ1n) is 13.3. The maximum absolute atomic E-state index is 13.3. The molecule has 5 rings (SSSR count). The van der Waals surface area contributed by atoms with Crippen molar-refractivity contribution < 1.29 is 14.3 Å². The highest BCUT2D eigenvalue weighted by Gasteiger charge is 2.63. The van der Waals surface area contributed by atoms with Crippen LogP contribution in [0.3, 0.4) is 0 Å². The first kappa shape index (κ1) is 29.7. The number of carbonyl (C=O) groups is 2. The molecule has 0 spiro atoms. The number of amides is 2. The van der Waals surface area contributed by atoms with E-state index in [1.165, 1.54) is 0 Å². The normalized spacial score (nSPS) is 27.6. The molecule has 8 heteroatoms. The molecule has 1 aromatic carbocycles. The summed E-state index contributed by atoms with van der Waals surface area (Å²) >= 11 is 0. The maximum Gasteiger partial charge on any atom is 0.231 e. The van der Waals surface area contributed by atoms with E-state index >= 15 is 0 Å². The number of rotatable bonds is 4. The van der Waals surface area contributed by atoms with Gasteiger partial charge in [0.1, 0.15) is 11.4 Å². The number of aromatic nitrogens is 1. The van der Waals surface area contributed by atoms with Gasteiger partial charge < -0.3 is 15.8 Å². The first-order valence-corrected chi connectivity index (χ1v) is 13.3. The molecule has 2 aliphatic heterocycles. The number of hydrogen-bond acceptors (Lipinski definition) is 6. The van der Waals surface area contributed by atoms with E-state index in [9.17, 15) is 9.59 Å². The summed E-state index contributed by atoms with van der Waals surface area (Å²) in [5.41, 5.74) is 5.96. The van der Waals surface area contributed by atoms with Gasteiger partial charge in [0.25, 0.3) is 0 Å². The lowest BCUT2D eigenvalue weighted by Gasteiger charge is -2.38. The third-order valence-electron chi connectivity index (χ3n) is 7.76. The number of nitrogens with two attached hydrogens (primary N) is 1. The van der Waals surface area contributed by atoms with Gasteiger partial charge in [0.05, 0.1) is 18.0 Å². The second kappa shape index (κ2) is 11.5. The molecule has 1 aliphatic carbocycles. The number of nitrogens with zero attached hydrogens (tertiary/aromatic N) is 3. The predicted octanol–water partition coefficient (Wildman–Crippen LogP) is 4.33. The minimum Gasteiger partial charge on any atom is -0.487 e. The van der Waals surface area contributed by atoms with Gasteiger partial charge in [-0.3, -0.25) is 19.5 Å². The van der Waals surface area contributed by atoms with Gasteiger partial charge in [0.15, 0.2) is 5.96 Å². The SMILES string of the molecule is C#C.CC1C(C(=O)N[C@H]2CC(C)(C)Oc3ccccc32)[C@@]1(C)CN1C(=O)CC(C)(C)N=C1N.c1ccncc1. The Morgan fingerprint density at radius 1 is 1.10 bits per heavy atom. The van der Waals surface area contributed by atoms with Crippen LogP contribution in [0.25, 0.3) is 0 Å². The van der Waals surface area contributed by atoms with Crippen LogP contribution in [0.15, 0.2) is 59.9 Å². The van der Waals surface area contributed by atoms with Gasteiger partial charge in [-0.25, -0.2) is 4.99 Å². The molecule has 3 heterocycles. The lowest BCUT2D eigenvalue weighted by Crippen LogP contribution is -2.52. The molecule has 1 saturated carbocycles. The van der Waals surface area contributed by atoms with Gasteiger partial charge in [-0.15, -0.1) is 12.8 Å². The number of benzene rings is 1. The Morgan fingerprint density at radius 3 is 2.31 bits per heavy atom. The summed E-state index contributed by atoms with van der Waals surface area (Å²) in [5, 5.41) is 3.27. The van der Waals surface area contributed by atoms with E-state index in [2.05, 4.69) is 42.0 Å². The number of fused-ring (bicyclic) bond motifs is 1. The first-order chi connectivity index (χ1) is 18.3. The zero-order chi connectivity index (χ0) is 29.0. The third-order valence-corrected chi connectivity index (χ3v) is 7.76. The fraction of sp³-hybridized carbons (Fsp3) is 0.484. The van der Waals surface area contributed by atoms with Gasteiger partial charge >= 0.3 is 0 Å². The van der Waals surface area contributed by atoms with Crippen molar-refractivity contribution >= 4 is 17.8 Å². The van der Waals surface area contributed by atoms with Crippen LogP contribution in [0, 0.1) is 30.1 Å². The van der Waals surface area contributed by atoms with Gasteiger partial charge in [0, 0.05) is 42.3 Å². The number of nitrogens with one attached hydrogen (secondary N) is 1. The standard InChI is InChI=1S/C24H34N4O3.C5H5N.C2H2/c1-14-19(24(14,6)13-28-18(29)12-22(2,3)27-21(28)25)20(30)26-16-11-23(4,5)31-17-10-8-7-9-15(16)17;1-2-4-6-5-3-1;1-2/h7-10,14,16,19H,11-13H2,1-6H3,(H2,25,27)(H,26,30);1-5H;1-2H/t14?,16-,19?,24-;;/m0../s1. The number of hydrogen-bond donors (Lipinski definition) is 2. The monoisotopic (exact) mass is 531 g/mol. The topological polar surface area (TPSA) is 110 Å². The van der Waals surface area contributed by atoms with Crippen molar-refractivity contribution in [2.24, 2.45) is 28.0 Å². The van der Waals surface area contributed by atoms with Crippen LogP contribution in [0.2, 0.25) is 0 Å². The molecule has 1 aromatic heterocycles. The zero-order valence-electron chi connectivity index (χ0n) is 23.8. The number of carbonyl (C=O) groups excluding carboxylic acids is 2. The van der Waals surface area contributed by atoms with E-state index in [1.54, 1.807) is 17.3 Å². The molecule has 0 radical (unpaired) electrons. The lowest BCUT2D eigenvalue weighted by atomic mass is 9.89. The Labute approximate surface area is 232 Å². The average Bonchev–Trinajstić information content (AvgIpc) is 3.42. The highest BCUT2D eigenvalue weighted by Crippen LogP contribution is 2.59. The van der Waals surface area contributed by atoms with E-state index < -0.39 is 5.54 Å². The van der Waals surface area contributed by atoms with E-state index in [0.29, 0.717) is 19.4 Å². The maximum atomic E-state index is 13.3. The van der Waals surface area contributed by atoms with Gasteiger partial charge in [-0.2, -0.15) is 0 Å². The second-order valence-corrected chi connectivity index (χ2v) is 11.9. The molecular formula is C31H41N5O3. The van der Waals surface area contributed by atoms with E-state index in [-0.39, 0.29) is 46.7 Å². The van der Waals surface area contributed by atoms with Crippen LogP contribution in [-0.2, 0) is 9.59 Å². The summed E-state index contributed by atoms with van der Waals surface area (Å²) in [7, 11) is 0. The molecule has 0 saturated heterocycles. The number of pyridine rings is 1. The van der Waals surface area contributed by atoms with Crippen LogP contribution < -0.4 is 15.8 Å². The van der Waals surface area contributed by atoms with Crippen molar-refractivity contribution in [3.8, 4) is 18.6 Å². The van der Waals surface area contributed by atoms with Crippen LogP contribution in [0.5, 0.6) is 5.75 Å². The minimum atomic E-state index is -0.478. The largest absolute Gasteiger partial charge is 0.487 e. The molecule has 2 amide bonds. The molecular weight excluding hydrogens is 490 g/mol. The molecule has 2 unspecified atom stereocenters. The van der Waals surface area contributed by atoms with Crippen molar-refractivity contribution in [3.63, 3.8) is 0 Å². The van der Waals surface area contributed by atoms with E-state index in [4.69, 9.17) is 10.5 Å². The smallest absolute Gasteiger partial charge is 0.231 e. The zero-order valence-corrected chi connectivity index (χ0v) is 23.8. The van der Waals surface area contributed by atoms with Gasteiger partial charge in [0.2, 0.25) is 11.8 Å². The highest BCUT2D eigenvalue weighted by atomic mass is 16.5. The summed E-state index contributed by atoms with van der Waals surface area (Å²) in [6.45, 7) is 12.4. The molecule has 2 aromatic rings. The molecule has 1 fully saturated rings. The molecule has 0 bridgehead atoms. The summed E-state index contributed by atoms with van der Waals surface area (Å²) in [6.07, 6.45) is 12.5. The fourth-order valence-corrected chi connectivity index (χ4v) is 5.58.